The standard InChI is InChI=1S/C37H37ClF2N8O6/c38-37(39,40)54-25-8-6-24(7-9-25)43-34(50)23-20-27(29-12-13-42-45-29)33(41-21-23)47-17-15-46(16-18-47)14-1-2-19-53-31-5-3-4-26-28(31)22-48(36(26)52)30-10-11-32(49)44-35(30)51/h3-9,12-13,20-21,30H,1-2,10-11,14-19,22H2,(H,42,45)(H,43,50)(H,44,49,51). The van der Waals surface area contributed by atoms with E-state index in [0.29, 0.717) is 46.8 Å². The SMILES string of the molecule is O=C1CCC(N2Cc3c(OCCCCN4CCN(c5ncc(C(=O)Nc6ccc(OC(F)(F)Cl)cc6)cc5-c5ccn[nH]5)CC4)cccc3C2=O)C(=O)N1. The molecule has 0 radical (unpaired) electrons. The van der Waals surface area contributed by atoms with Crippen molar-refractivity contribution >= 4 is 46.7 Å². The summed E-state index contributed by atoms with van der Waals surface area (Å²) in [5.41, 5.74) is -0.456. The molecule has 1 atom stereocenters. The number of piperazine rings is 1. The maximum Gasteiger partial charge on any atom is 0.487 e. The Morgan fingerprint density at radius 1 is 1.02 bits per heavy atom. The van der Waals surface area contributed by atoms with Crippen LogP contribution in [0.1, 0.15) is 52.0 Å². The molecule has 3 N–H and O–H groups in total. The second-order valence-corrected chi connectivity index (χ2v) is 13.6. The van der Waals surface area contributed by atoms with Crippen LogP contribution in [0.25, 0.3) is 11.3 Å². The third-order valence-corrected chi connectivity index (χ3v) is 9.68. The van der Waals surface area contributed by atoms with Crippen molar-refractivity contribution in [1.82, 2.24) is 30.3 Å². The Hall–Kier alpha value is -5.61. The first kappa shape index (κ1) is 36.7. The third-order valence-electron chi connectivity index (χ3n) is 9.60. The van der Waals surface area contributed by atoms with E-state index in [1.54, 1.807) is 24.4 Å². The van der Waals surface area contributed by atoms with Gasteiger partial charge in [0.25, 0.3) is 11.8 Å². The van der Waals surface area contributed by atoms with E-state index < -0.39 is 23.4 Å². The highest BCUT2D eigenvalue weighted by Gasteiger charge is 2.40. The average Bonchev–Trinajstić information content (AvgIpc) is 3.81. The summed E-state index contributed by atoms with van der Waals surface area (Å²) in [7, 11) is 0. The molecule has 17 heteroatoms. The molecule has 282 valence electrons. The number of ether oxygens (including phenoxy) is 2. The number of piperidine rings is 1. The predicted molar refractivity (Wildman–Crippen MR) is 194 cm³/mol. The van der Waals surface area contributed by atoms with Crippen molar-refractivity contribution in [3.05, 3.63) is 83.7 Å². The maximum absolute atomic E-state index is 13.1. The fourth-order valence-corrected chi connectivity index (χ4v) is 6.97. The molecule has 1 unspecified atom stereocenters. The van der Waals surface area contributed by atoms with Crippen LogP contribution in [0.5, 0.6) is 11.5 Å². The van der Waals surface area contributed by atoms with E-state index in [1.165, 1.54) is 35.4 Å². The summed E-state index contributed by atoms with van der Waals surface area (Å²) in [6.45, 7) is 4.70. The molecular formula is C37H37ClF2N8O6. The quantitative estimate of drug-likeness (QED) is 0.0995. The summed E-state index contributed by atoms with van der Waals surface area (Å²) in [4.78, 5) is 61.0. The molecule has 14 nitrogen and oxygen atoms in total. The lowest BCUT2D eigenvalue weighted by Gasteiger charge is -2.36. The smallest absolute Gasteiger partial charge is 0.487 e. The Balaban J connectivity index is 0.895. The van der Waals surface area contributed by atoms with E-state index in [2.05, 4.69) is 40.4 Å². The number of rotatable bonds is 13. The van der Waals surface area contributed by atoms with Gasteiger partial charge in [-0.3, -0.25) is 34.5 Å². The fourth-order valence-electron chi connectivity index (χ4n) is 6.88. The van der Waals surface area contributed by atoms with Crippen LogP contribution in [0.3, 0.4) is 0 Å². The zero-order chi connectivity index (χ0) is 37.8. The highest BCUT2D eigenvalue weighted by Crippen LogP contribution is 2.34. The second-order valence-electron chi connectivity index (χ2n) is 13.2. The van der Waals surface area contributed by atoms with Crippen LogP contribution < -0.4 is 25.0 Å². The highest BCUT2D eigenvalue weighted by atomic mass is 35.5. The Kier molecular flexibility index (Phi) is 10.7. The molecule has 2 aromatic heterocycles. The molecule has 7 rings (SSSR count). The van der Waals surface area contributed by atoms with Gasteiger partial charge in [0.05, 0.1) is 24.4 Å². The molecule has 0 aliphatic carbocycles. The van der Waals surface area contributed by atoms with Crippen molar-refractivity contribution in [2.24, 2.45) is 0 Å². The van der Waals surface area contributed by atoms with E-state index >= 15 is 0 Å². The van der Waals surface area contributed by atoms with Crippen molar-refractivity contribution in [2.75, 3.05) is 49.5 Å². The number of hydrogen-bond donors (Lipinski definition) is 3. The lowest BCUT2D eigenvalue weighted by molar-refractivity contribution is -0.136. The number of imide groups is 1. The lowest BCUT2D eigenvalue weighted by Crippen LogP contribution is -2.52. The van der Waals surface area contributed by atoms with E-state index in [1.807, 2.05) is 12.1 Å². The van der Waals surface area contributed by atoms with Crippen LogP contribution in [0.15, 0.2) is 67.0 Å². The second kappa shape index (κ2) is 15.8. The van der Waals surface area contributed by atoms with Crippen molar-refractivity contribution in [3.63, 3.8) is 0 Å². The van der Waals surface area contributed by atoms with Gasteiger partial charge in [-0.2, -0.15) is 5.10 Å². The number of carbonyl (C=O) groups excluding carboxylic acids is 4. The zero-order valence-corrected chi connectivity index (χ0v) is 29.8. The number of alkyl halides is 3. The number of pyridine rings is 1. The van der Waals surface area contributed by atoms with Gasteiger partial charge in [-0.1, -0.05) is 6.07 Å². The van der Waals surface area contributed by atoms with Gasteiger partial charge in [0.15, 0.2) is 0 Å². The molecule has 54 heavy (non-hydrogen) atoms. The first-order valence-electron chi connectivity index (χ1n) is 17.6. The normalized spacial score (nSPS) is 17.7. The van der Waals surface area contributed by atoms with E-state index in [-0.39, 0.29) is 30.5 Å². The van der Waals surface area contributed by atoms with Crippen LogP contribution in [0.2, 0.25) is 0 Å². The number of aromatic amines is 1. The fraction of sp³-hybridized carbons (Fsp3) is 0.351. The van der Waals surface area contributed by atoms with Gasteiger partial charge in [-0.25, -0.2) is 4.98 Å². The number of unbranched alkanes of at least 4 members (excludes halogenated alkanes) is 1. The summed E-state index contributed by atoms with van der Waals surface area (Å²) in [6.07, 6.45) is 5.36. The zero-order valence-electron chi connectivity index (χ0n) is 29.0. The molecule has 2 saturated heterocycles. The summed E-state index contributed by atoms with van der Waals surface area (Å²) in [6, 6.07) is 13.7. The summed E-state index contributed by atoms with van der Waals surface area (Å²) in [5, 5.41) is 12.1. The lowest BCUT2D eigenvalue weighted by atomic mass is 10.0. The number of nitrogens with zero attached hydrogens (tertiary/aromatic N) is 5. The molecule has 2 aromatic carbocycles. The van der Waals surface area contributed by atoms with Crippen LogP contribution in [0, 0.1) is 0 Å². The Morgan fingerprint density at radius 2 is 1.81 bits per heavy atom. The number of H-pyrrole nitrogens is 1. The summed E-state index contributed by atoms with van der Waals surface area (Å²) in [5.74, 6) is -0.215. The monoisotopic (exact) mass is 762 g/mol. The minimum Gasteiger partial charge on any atom is -0.493 e. The number of hydrogen-bond acceptors (Lipinski definition) is 10. The van der Waals surface area contributed by atoms with Gasteiger partial charge in [-0.15, -0.1) is 8.78 Å². The number of benzene rings is 2. The molecule has 5 heterocycles. The summed E-state index contributed by atoms with van der Waals surface area (Å²) < 4.78 is 36.3. The first-order valence-corrected chi connectivity index (χ1v) is 17.9. The summed E-state index contributed by atoms with van der Waals surface area (Å²) >= 11 is 4.82. The number of aromatic nitrogens is 3. The predicted octanol–water partition coefficient (Wildman–Crippen LogP) is 4.63. The molecule has 0 saturated carbocycles. The van der Waals surface area contributed by atoms with E-state index in [4.69, 9.17) is 16.3 Å². The first-order chi connectivity index (χ1) is 26.0. The van der Waals surface area contributed by atoms with Crippen molar-refractivity contribution in [2.45, 2.75) is 43.8 Å². The molecule has 3 aliphatic heterocycles. The van der Waals surface area contributed by atoms with Crippen LogP contribution >= 0.6 is 11.6 Å². The number of carbonyl (C=O) groups is 4. The van der Waals surface area contributed by atoms with Crippen molar-refractivity contribution < 1.29 is 37.4 Å². The Labute approximate surface area is 313 Å². The molecule has 4 amide bonds. The minimum absolute atomic E-state index is 0.150. The number of amides is 4. The minimum atomic E-state index is -3.84. The Morgan fingerprint density at radius 3 is 2.54 bits per heavy atom. The van der Waals surface area contributed by atoms with Gasteiger partial charge in [0.2, 0.25) is 11.8 Å². The largest absolute Gasteiger partial charge is 0.493 e. The number of nitrogens with one attached hydrogen (secondary N) is 3. The van der Waals surface area contributed by atoms with Crippen LogP contribution in [-0.2, 0) is 16.1 Å². The topological polar surface area (TPSA) is 162 Å². The molecule has 2 fully saturated rings. The number of halogens is 3. The molecule has 3 aliphatic rings. The molecule has 0 bridgehead atoms. The van der Waals surface area contributed by atoms with Gasteiger partial charge < -0.3 is 24.6 Å². The van der Waals surface area contributed by atoms with Gasteiger partial charge in [0.1, 0.15) is 23.4 Å². The highest BCUT2D eigenvalue weighted by molar-refractivity contribution is 6.20. The van der Waals surface area contributed by atoms with Crippen molar-refractivity contribution in [1.29, 1.82) is 0 Å². The Bertz CT molecular complexity index is 2020. The maximum atomic E-state index is 13.1. The number of anilines is 2. The number of fused-ring (bicyclic) bond motifs is 1. The van der Waals surface area contributed by atoms with E-state index in [9.17, 15) is 28.0 Å². The van der Waals surface area contributed by atoms with Crippen LogP contribution in [0.4, 0.5) is 20.3 Å². The van der Waals surface area contributed by atoms with Crippen LogP contribution in [-0.4, -0.2) is 99.6 Å². The van der Waals surface area contributed by atoms with E-state index in [0.717, 1.165) is 56.9 Å². The van der Waals surface area contributed by atoms with Gasteiger partial charge in [-0.05, 0) is 74.3 Å². The molecular weight excluding hydrogens is 726 g/mol. The van der Waals surface area contributed by atoms with Crippen molar-refractivity contribution in [3.8, 4) is 22.8 Å². The molecule has 0 spiro atoms. The molecule has 4 aromatic rings. The average molecular weight is 763 g/mol. The van der Waals surface area contributed by atoms with Gasteiger partial charge in [0, 0.05) is 79.0 Å². The van der Waals surface area contributed by atoms with Gasteiger partial charge >= 0.3 is 5.57 Å². The third kappa shape index (κ3) is 8.44.